The first-order chi connectivity index (χ1) is 10.9. The minimum atomic E-state index is -0.539. The molecule has 0 unspecified atom stereocenters. The molecule has 0 bridgehead atoms. The van der Waals surface area contributed by atoms with Gasteiger partial charge in [-0.25, -0.2) is 9.55 Å². The van der Waals surface area contributed by atoms with E-state index < -0.39 is 4.92 Å². The monoisotopic (exact) mass is 315 g/mol. The van der Waals surface area contributed by atoms with Gasteiger partial charge in [0.25, 0.3) is 0 Å². The van der Waals surface area contributed by atoms with Gasteiger partial charge in [-0.1, -0.05) is 0 Å². The normalized spacial score (nSPS) is 15.0. The number of nitro groups is 1. The van der Waals surface area contributed by atoms with Gasteiger partial charge in [0.1, 0.15) is 6.20 Å². The van der Waals surface area contributed by atoms with E-state index in [1.807, 2.05) is 0 Å². The quantitative estimate of drug-likeness (QED) is 0.526. The molecule has 23 heavy (non-hydrogen) atoms. The molecule has 1 aliphatic carbocycles. The summed E-state index contributed by atoms with van der Waals surface area (Å²) in [5.41, 5.74) is 1.59. The van der Waals surface area contributed by atoms with Gasteiger partial charge >= 0.3 is 5.82 Å². The number of imidazole rings is 1. The number of phenolic OH excluding ortho intramolecular Hbond substituents is 1. The molecule has 0 radical (unpaired) electrons. The van der Waals surface area contributed by atoms with Crippen molar-refractivity contribution in [2.24, 2.45) is 7.05 Å². The number of carbonyl (C=O) groups is 1. The fourth-order valence-electron chi connectivity index (χ4n) is 2.58. The highest BCUT2D eigenvalue weighted by Gasteiger charge is 2.28. The molecule has 8 heteroatoms. The number of aromatic hydroxyl groups is 1. The van der Waals surface area contributed by atoms with E-state index in [1.165, 1.54) is 30.9 Å². The van der Waals surface area contributed by atoms with Crippen LogP contribution in [0.2, 0.25) is 0 Å². The van der Waals surface area contributed by atoms with Crippen LogP contribution in [0.25, 0.3) is 6.08 Å². The number of rotatable bonds is 3. The Labute approximate surface area is 130 Å². The predicted molar refractivity (Wildman–Crippen MR) is 80.5 cm³/mol. The van der Waals surface area contributed by atoms with Crippen LogP contribution in [0.15, 0.2) is 23.9 Å². The Hall–Kier alpha value is -3.16. The van der Waals surface area contributed by atoms with E-state index in [0.29, 0.717) is 29.1 Å². The largest absolute Gasteiger partial charge is 0.504 e. The summed E-state index contributed by atoms with van der Waals surface area (Å²) in [5, 5.41) is 20.6. The summed E-state index contributed by atoms with van der Waals surface area (Å²) in [6, 6.07) is 2.99. The van der Waals surface area contributed by atoms with E-state index >= 15 is 0 Å². The van der Waals surface area contributed by atoms with Crippen LogP contribution < -0.4 is 4.74 Å². The molecule has 118 valence electrons. The predicted octanol–water partition coefficient (Wildman–Crippen LogP) is 1.86. The fraction of sp³-hybridized carbons (Fsp3) is 0.200. The van der Waals surface area contributed by atoms with Gasteiger partial charge in [0.2, 0.25) is 5.82 Å². The molecule has 0 saturated carbocycles. The van der Waals surface area contributed by atoms with Crippen molar-refractivity contribution in [3.63, 3.8) is 0 Å². The first-order valence-electron chi connectivity index (χ1n) is 6.73. The minimum Gasteiger partial charge on any atom is -0.504 e. The second-order valence-corrected chi connectivity index (χ2v) is 5.15. The van der Waals surface area contributed by atoms with Crippen molar-refractivity contribution in [1.29, 1.82) is 0 Å². The summed E-state index contributed by atoms with van der Waals surface area (Å²) < 4.78 is 6.34. The number of hydrogen-bond acceptors (Lipinski definition) is 6. The maximum absolute atomic E-state index is 12.4. The molecular weight excluding hydrogens is 302 g/mol. The van der Waals surface area contributed by atoms with Gasteiger partial charge in [-0.15, -0.1) is 0 Å². The van der Waals surface area contributed by atoms with Gasteiger partial charge in [-0.2, -0.15) is 0 Å². The molecule has 1 heterocycles. The number of methoxy groups -OCH3 is 1. The molecule has 0 amide bonds. The van der Waals surface area contributed by atoms with Crippen molar-refractivity contribution in [2.75, 3.05) is 7.11 Å². The Morgan fingerprint density at radius 2 is 2.22 bits per heavy atom. The van der Waals surface area contributed by atoms with Crippen molar-refractivity contribution in [3.8, 4) is 11.5 Å². The average Bonchev–Trinajstić information content (AvgIpc) is 3.01. The van der Waals surface area contributed by atoms with Crippen molar-refractivity contribution >= 4 is 17.7 Å². The third-order valence-electron chi connectivity index (χ3n) is 3.81. The Kier molecular flexibility index (Phi) is 3.36. The highest BCUT2D eigenvalue weighted by molar-refractivity contribution is 6.15. The van der Waals surface area contributed by atoms with Crippen LogP contribution in [0.5, 0.6) is 11.5 Å². The van der Waals surface area contributed by atoms with Gasteiger partial charge in [0.15, 0.2) is 17.3 Å². The SMILES string of the molecule is COc1cc2c(cc1O)C(=O)C(=Cc1ncc([N+](=O)[O-])n1C)C2. The lowest BCUT2D eigenvalue weighted by molar-refractivity contribution is -0.391. The topological polar surface area (TPSA) is 107 Å². The lowest BCUT2D eigenvalue weighted by Crippen LogP contribution is -2.01. The summed E-state index contributed by atoms with van der Waals surface area (Å²) in [7, 11) is 2.95. The first-order valence-corrected chi connectivity index (χ1v) is 6.73. The number of Topliss-reactive ketones (excluding diaryl/α,β-unsaturated/α-hetero) is 1. The molecule has 1 N–H and O–H groups in total. The molecule has 0 spiro atoms. The van der Waals surface area contributed by atoms with Crippen LogP contribution in [-0.4, -0.2) is 32.5 Å². The Balaban J connectivity index is 2.00. The average molecular weight is 315 g/mol. The van der Waals surface area contributed by atoms with Crippen molar-refractivity contribution < 1.29 is 19.6 Å². The van der Waals surface area contributed by atoms with Crippen molar-refractivity contribution in [3.05, 3.63) is 51.0 Å². The number of aromatic nitrogens is 2. The zero-order valence-corrected chi connectivity index (χ0v) is 12.4. The molecule has 1 aromatic carbocycles. The van der Waals surface area contributed by atoms with Gasteiger partial charge < -0.3 is 20.0 Å². The number of benzene rings is 1. The van der Waals surface area contributed by atoms with Crippen LogP contribution in [0.4, 0.5) is 5.82 Å². The van der Waals surface area contributed by atoms with Gasteiger partial charge in [0.05, 0.1) is 14.2 Å². The summed E-state index contributed by atoms with van der Waals surface area (Å²) in [5.74, 6) is 0.130. The summed E-state index contributed by atoms with van der Waals surface area (Å²) >= 11 is 0. The Bertz CT molecular complexity index is 866. The molecule has 1 aromatic heterocycles. The number of fused-ring (bicyclic) bond motifs is 1. The lowest BCUT2D eigenvalue weighted by atomic mass is 10.1. The van der Waals surface area contributed by atoms with Crippen LogP contribution in [0.3, 0.4) is 0 Å². The fourth-order valence-corrected chi connectivity index (χ4v) is 2.58. The third kappa shape index (κ3) is 2.33. The molecule has 8 nitrogen and oxygen atoms in total. The van der Waals surface area contributed by atoms with Crippen LogP contribution in [-0.2, 0) is 13.5 Å². The minimum absolute atomic E-state index is 0.103. The number of carbonyl (C=O) groups excluding carboxylic acids is 1. The number of allylic oxidation sites excluding steroid dienone is 1. The van der Waals surface area contributed by atoms with Crippen molar-refractivity contribution in [2.45, 2.75) is 6.42 Å². The second-order valence-electron chi connectivity index (χ2n) is 5.15. The first kappa shape index (κ1) is 14.8. The van der Waals surface area contributed by atoms with E-state index in [9.17, 15) is 20.0 Å². The summed E-state index contributed by atoms with van der Waals surface area (Å²) in [6.07, 6.45) is 3.03. The molecule has 0 saturated heterocycles. The highest BCUT2D eigenvalue weighted by Crippen LogP contribution is 2.36. The number of ketones is 1. The van der Waals surface area contributed by atoms with E-state index in [2.05, 4.69) is 4.98 Å². The van der Waals surface area contributed by atoms with Gasteiger partial charge in [0, 0.05) is 23.6 Å². The second kappa shape index (κ2) is 5.24. The molecular formula is C15H13N3O5. The van der Waals surface area contributed by atoms with Crippen LogP contribution in [0.1, 0.15) is 21.7 Å². The third-order valence-corrected chi connectivity index (χ3v) is 3.81. The zero-order chi connectivity index (χ0) is 16.7. The Morgan fingerprint density at radius 3 is 2.83 bits per heavy atom. The molecule has 2 aromatic rings. The van der Waals surface area contributed by atoms with Crippen LogP contribution in [0, 0.1) is 10.1 Å². The number of phenols is 1. The molecule has 0 atom stereocenters. The van der Waals surface area contributed by atoms with E-state index in [0.717, 1.165) is 11.8 Å². The number of hydrogen-bond donors (Lipinski definition) is 1. The van der Waals surface area contributed by atoms with Gasteiger partial charge in [-0.3, -0.25) is 4.79 Å². The van der Waals surface area contributed by atoms with E-state index in [-0.39, 0.29) is 17.4 Å². The molecule has 0 fully saturated rings. The summed E-state index contributed by atoms with van der Waals surface area (Å²) in [6.45, 7) is 0. The Morgan fingerprint density at radius 1 is 1.48 bits per heavy atom. The number of nitrogens with zero attached hydrogens (tertiary/aromatic N) is 3. The van der Waals surface area contributed by atoms with E-state index in [1.54, 1.807) is 6.07 Å². The highest BCUT2D eigenvalue weighted by atomic mass is 16.6. The molecule has 1 aliphatic rings. The van der Waals surface area contributed by atoms with Crippen molar-refractivity contribution in [1.82, 2.24) is 9.55 Å². The maximum Gasteiger partial charge on any atom is 0.342 e. The lowest BCUT2D eigenvalue weighted by Gasteiger charge is -2.05. The number of ether oxygens (including phenoxy) is 1. The van der Waals surface area contributed by atoms with Crippen LogP contribution >= 0.6 is 0 Å². The van der Waals surface area contributed by atoms with Gasteiger partial charge in [-0.05, 0) is 22.6 Å². The standard InChI is InChI=1S/C15H13N3O5/c1-17-13(16-7-14(17)18(21)22)5-9-3-8-4-12(23-2)11(19)6-10(8)15(9)20/h4-7,19H,3H2,1-2H3. The molecule has 3 rings (SSSR count). The maximum atomic E-state index is 12.4. The zero-order valence-electron chi connectivity index (χ0n) is 12.4. The summed E-state index contributed by atoms with van der Waals surface area (Å²) in [4.78, 5) is 26.7. The van der Waals surface area contributed by atoms with E-state index in [4.69, 9.17) is 4.74 Å². The smallest absolute Gasteiger partial charge is 0.342 e. The molecule has 0 aliphatic heterocycles.